The van der Waals surface area contributed by atoms with Crippen LogP contribution in [0.3, 0.4) is 0 Å². The molecule has 3 rings (SSSR count). The standard InChI is InChI=1S/C18H24N2O3S/c1-18(2,3)23-17(21)20-10-6-7-13(11-20)12-22-16-14-8-4-5-9-15(14)24-19-16/h4-5,8-9,13H,6-7,10-12H2,1-3H3/t13-/m0/s1. The minimum atomic E-state index is -0.458. The van der Waals surface area contributed by atoms with Gasteiger partial charge in [0.2, 0.25) is 5.88 Å². The van der Waals surface area contributed by atoms with Crippen LogP contribution in [0.25, 0.3) is 10.1 Å². The number of hydrogen-bond acceptors (Lipinski definition) is 5. The van der Waals surface area contributed by atoms with E-state index < -0.39 is 5.60 Å². The summed E-state index contributed by atoms with van der Waals surface area (Å²) in [6.07, 6.45) is 1.80. The number of benzene rings is 1. The van der Waals surface area contributed by atoms with Gasteiger partial charge in [0.25, 0.3) is 0 Å². The van der Waals surface area contributed by atoms with Crippen LogP contribution in [0.4, 0.5) is 4.79 Å². The van der Waals surface area contributed by atoms with Gasteiger partial charge in [-0.05, 0) is 57.3 Å². The van der Waals surface area contributed by atoms with Crippen LogP contribution in [-0.2, 0) is 4.74 Å². The Morgan fingerprint density at radius 2 is 2.17 bits per heavy atom. The molecule has 2 aromatic rings. The largest absolute Gasteiger partial charge is 0.476 e. The van der Waals surface area contributed by atoms with Crippen molar-refractivity contribution in [2.45, 2.75) is 39.2 Å². The summed E-state index contributed by atoms with van der Waals surface area (Å²) in [4.78, 5) is 14.0. The average molecular weight is 348 g/mol. The molecule has 0 N–H and O–H groups in total. The first-order valence-electron chi connectivity index (χ1n) is 8.37. The third-order valence-electron chi connectivity index (χ3n) is 3.97. The van der Waals surface area contributed by atoms with Crippen LogP contribution in [0, 0.1) is 5.92 Å². The lowest BCUT2D eigenvalue weighted by Crippen LogP contribution is -2.44. The number of aromatic nitrogens is 1. The molecule has 1 atom stereocenters. The molecule has 0 saturated carbocycles. The fraction of sp³-hybridized carbons (Fsp3) is 0.556. The van der Waals surface area contributed by atoms with Crippen molar-refractivity contribution in [1.29, 1.82) is 0 Å². The second-order valence-electron chi connectivity index (χ2n) is 7.23. The topological polar surface area (TPSA) is 51.7 Å². The number of rotatable bonds is 3. The van der Waals surface area contributed by atoms with Gasteiger partial charge in [0.15, 0.2) is 0 Å². The maximum absolute atomic E-state index is 12.2. The Kier molecular flexibility index (Phi) is 4.94. The minimum absolute atomic E-state index is 0.230. The molecular formula is C18H24N2O3S. The minimum Gasteiger partial charge on any atom is -0.476 e. The van der Waals surface area contributed by atoms with Gasteiger partial charge in [-0.3, -0.25) is 0 Å². The molecule has 1 fully saturated rings. The molecule has 24 heavy (non-hydrogen) atoms. The van der Waals surface area contributed by atoms with Gasteiger partial charge in [-0.25, -0.2) is 4.79 Å². The van der Waals surface area contributed by atoms with Crippen LogP contribution >= 0.6 is 11.5 Å². The highest BCUT2D eigenvalue weighted by Crippen LogP contribution is 2.29. The molecular weight excluding hydrogens is 324 g/mol. The lowest BCUT2D eigenvalue weighted by atomic mass is 9.99. The predicted octanol–water partition coefficient (Wildman–Crippen LogP) is 4.32. The zero-order chi connectivity index (χ0) is 17.2. The Bertz CT molecular complexity index is 708. The second kappa shape index (κ2) is 6.97. The lowest BCUT2D eigenvalue weighted by Gasteiger charge is -2.33. The van der Waals surface area contributed by atoms with Crippen LogP contribution < -0.4 is 4.74 Å². The molecule has 1 aliphatic heterocycles. The maximum Gasteiger partial charge on any atom is 0.410 e. The highest BCUT2D eigenvalue weighted by atomic mass is 32.1. The molecule has 6 heteroatoms. The van der Waals surface area contributed by atoms with Gasteiger partial charge in [-0.15, -0.1) is 0 Å². The first-order valence-corrected chi connectivity index (χ1v) is 9.15. The van der Waals surface area contributed by atoms with Crippen molar-refractivity contribution in [1.82, 2.24) is 9.27 Å². The third kappa shape index (κ3) is 4.17. The highest BCUT2D eigenvalue weighted by molar-refractivity contribution is 7.13. The highest BCUT2D eigenvalue weighted by Gasteiger charge is 2.28. The lowest BCUT2D eigenvalue weighted by molar-refractivity contribution is 0.0139. The molecule has 0 unspecified atom stereocenters. The van der Waals surface area contributed by atoms with Crippen LogP contribution in [0.2, 0.25) is 0 Å². The number of piperidine rings is 1. The van der Waals surface area contributed by atoms with Gasteiger partial charge in [-0.2, -0.15) is 4.37 Å². The summed E-state index contributed by atoms with van der Waals surface area (Å²) in [7, 11) is 0. The summed E-state index contributed by atoms with van der Waals surface area (Å²) < 4.78 is 16.9. The fourth-order valence-corrected chi connectivity index (χ4v) is 3.58. The first-order chi connectivity index (χ1) is 11.4. The molecule has 1 aromatic heterocycles. The average Bonchev–Trinajstić information content (AvgIpc) is 2.95. The number of carbonyl (C=O) groups is 1. The molecule has 1 aromatic carbocycles. The number of nitrogens with zero attached hydrogens (tertiary/aromatic N) is 2. The van der Waals surface area contributed by atoms with E-state index in [4.69, 9.17) is 9.47 Å². The van der Waals surface area contributed by atoms with Crippen molar-refractivity contribution < 1.29 is 14.3 Å². The normalized spacial score (nSPS) is 18.6. The molecule has 2 heterocycles. The van der Waals surface area contributed by atoms with E-state index in [1.807, 2.05) is 45.0 Å². The Labute approximate surface area is 146 Å². The summed E-state index contributed by atoms with van der Waals surface area (Å²) in [5, 5.41) is 1.06. The van der Waals surface area contributed by atoms with Crippen molar-refractivity contribution in [3.8, 4) is 5.88 Å². The van der Waals surface area contributed by atoms with Crippen LogP contribution in [0.15, 0.2) is 24.3 Å². The summed E-state index contributed by atoms with van der Waals surface area (Å²) >= 11 is 1.45. The number of ether oxygens (including phenoxy) is 2. The number of likely N-dealkylation sites (tertiary alicyclic amines) is 1. The van der Waals surface area contributed by atoms with Gasteiger partial charge in [-0.1, -0.05) is 12.1 Å². The van der Waals surface area contributed by atoms with E-state index >= 15 is 0 Å². The van der Waals surface area contributed by atoms with Gasteiger partial charge in [0, 0.05) is 19.0 Å². The fourth-order valence-electron chi connectivity index (χ4n) is 2.86. The van der Waals surface area contributed by atoms with E-state index in [2.05, 4.69) is 4.37 Å². The van der Waals surface area contributed by atoms with E-state index in [1.165, 1.54) is 11.5 Å². The zero-order valence-corrected chi connectivity index (χ0v) is 15.3. The van der Waals surface area contributed by atoms with Crippen molar-refractivity contribution >= 4 is 27.7 Å². The van der Waals surface area contributed by atoms with Crippen LogP contribution in [0.5, 0.6) is 5.88 Å². The SMILES string of the molecule is CC(C)(C)OC(=O)N1CCC[C@H](COc2nsc3ccccc23)C1. The molecule has 0 bridgehead atoms. The van der Waals surface area contributed by atoms with E-state index in [1.54, 1.807) is 4.90 Å². The van der Waals surface area contributed by atoms with Crippen molar-refractivity contribution in [3.05, 3.63) is 24.3 Å². The molecule has 0 radical (unpaired) electrons. The number of hydrogen-bond donors (Lipinski definition) is 0. The Balaban J connectivity index is 1.57. The number of fused-ring (bicyclic) bond motifs is 1. The van der Waals surface area contributed by atoms with Crippen molar-refractivity contribution in [3.63, 3.8) is 0 Å². The van der Waals surface area contributed by atoms with Gasteiger partial charge >= 0.3 is 6.09 Å². The smallest absolute Gasteiger partial charge is 0.410 e. The number of carbonyl (C=O) groups excluding carboxylic acids is 1. The molecule has 1 saturated heterocycles. The van der Waals surface area contributed by atoms with Crippen molar-refractivity contribution in [2.75, 3.05) is 19.7 Å². The van der Waals surface area contributed by atoms with E-state index in [0.717, 1.165) is 29.5 Å². The summed E-state index contributed by atoms with van der Waals surface area (Å²) in [6, 6.07) is 8.07. The van der Waals surface area contributed by atoms with E-state index in [-0.39, 0.29) is 6.09 Å². The van der Waals surface area contributed by atoms with Crippen molar-refractivity contribution in [2.24, 2.45) is 5.92 Å². The van der Waals surface area contributed by atoms with Gasteiger partial charge in [0.05, 0.1) is 16.7 Å². The molecule has 0 aliphatic carbocycles. The molecule has 1 amide bonds. The monoisotopic (exact) mass is 348 g/mol. The molecule has 0 spiro atoms. The summed E-state index contributed by atoms with van der Waals surface area (Å²) in [5.41, 5.74) is -0.458. The Hall–Kier alpha value is -1.82. The first kappa shape index (κ1) is 17.0. The maximum atomic E-state index is 12.2. The Morgan fingerprint density at radius 3 is 2.96 bits per heavy atom. The summed E-state index contributed by atoms with van der Waals surface area (Å²) in [6.45, 7) is 7.68. The number of amides is 1. The zero-order valence-electron chi connectivity index (χ0n) is 14.4. The molecule has 130 valence electrons. The second-order valence-corrected chi connectivity index (χ2v) is 8.03. The quantitative estimate of drug-likeness (QED) is 0.829. The predicted molar refractivity (Wildman–Crippen MR) is 95.6 cm³/mol. The molecule has 1 aliphatic rings. The van der Waals surface area contributed by atoms with Crippen LogP contribution in [0.1, 0.15) is 33.6 Å². The van der Waals surface area contributed by atoms with Crippen LogP contribution in [-0.4, -0.2) is 40.7 Å². The van der Waals surface area contributed by atoms with E-state index in [0.29, 0.717) is 24.9 Å². The Morgan fingerprint density at radius 1 is 1.38 bits per heavy atom. The van der Waals surface area contributed by atoms with Gasteiger partial charge in [0.1, 0.15) is 5.60 Å². The summed E-state index contributed by atoms with van der Waals surface area (Å²) in [5.74, 6) is 1.01. The van der Waals surface area contributed by atoms with Gasteiger partial charge < -0.3 is 14.4 Å². The molecule has 5 nitrogen and oxygen atoms in total. The third-order valence-corrected chi connectivity index (χ3v) is 4.78. The van der Waals surface area contributed by atoms with E-state index in [9.17, 15) is 4.79 Å².